The van der Waals surface area contributed by atoms with Crippen LogP contribution < -0.4 is 9.47 Å². The fourth-order valence-electron chi connectivity index (χ4n) is 5.26. The van der Waals surface area contributed by atoms with Crippen LogP contribution in [-0.4, -0.2) is 59.2 Å². The maximum absolute atomic E-state index is 10.7. The molecule has 4 aromatic rings. The van der Waals surface area contributed by atoms with E-state index in [1.807, 2.05) is 24.3 Å². The Balaban J connectivity index is 1.04. The number of β-amino-alcohol motifs (C(OH)–C–C–N with tert-alkyl or cyclic N) is 1. The minimum Gasteiger partial charge on any atom is -0.493 e. The summed E-state index contributed by atoms with van der Waals surface area (Å²) >= 11 is 0. The van der Waals surface area contributed by atoms with Gasteiger partial charge in [0.1, 0.15) is 29.8 Å². The van der Waals surface area contributed by atoms with Crippen molar-refractivity contribution in [1.82, 2.24) is 15.1 Å². The number of nitrogens with zero attached hydrogens (tertiary/aromatic N) is 3. The zero-order valence-corrected chi connectivity index (χ0v) is 19.8. The van der Waals surface area contributed by atoms with Crippen molar-refractivity contribution >= 4 is 11.0 Å². The molecule has 0 bridgehead atoms. The highest BCUT2D eigenvalue weighted by atomic mass is 16.5. The normalized spacial score (nSPS) is 17.4. The second-order valence-electron chi connectivity index (χ2n) is 9.37. The molecule has 0 radical (unpaired) electrons. The zero-order valence-electron chi connectivity index (χ0n) is 19.8. The average Bonchev–Trinajstić information content (AvgIpc) is 3.62. The number of likely N-dealkylation sites (tertiary alicyclic amines) is 1. The lowest BCUT2D eigenvalue weighted by Gasteiger charge is -2.33. The van der Waals surface area contributed by atoms with Crippen molar-refractivity contribution in [1.29, 1.82) is 0 Å². The Morgan fingerprint density at radius 2 is 1.97 bits per heavy atom. The number of piperidine rings is 1. The van der Waals surface area contributed by atoms with Gasteiger partial charge in [-0.25, -0.2) is 0 Å². The van der Waals surface area contributed by atoms with Gasteiger partial charge < -0.3 is 28.3 Å². The number of rotatable bonds is 7. The van der Waals surface area contributed by atoms with E-state index in [0.717, 1.165) is 50.1 Å². The molecule has 2 aromatic carbocycles. The summed E-state index contributed by atoms with van der Waals surface area (Å²) in [5.41, 5.74) is 3.51. The molecule has 0 amide bonds. The molecular formula is C27H29N3O5. The topological polar surface area (TPSA) is 94.0 Å². The summed E-state index contributed by atoms with van der Waals surface area (Å²) in [6.07, 6.45) is 2.62. The first-order valence-electron chi connectivity index (χ1n) is 12.2. The summed E-state index contributed by atoms with van der Waals surface area (Å²) in [5.74, 6) is 3.59. The molecule has 1 atom stereocenters. The fraction of sp³-hybridized carbons (Fsp3) is 0.407. The van der Waals surface area contributed by atoms with Gasteiger partial charge in [0.05, 0.1) is 12.0 Å². The fourth-order valence-corrected chi connectivity index (χ4v) is 5.26. The Morgan fingerprint density at radius 1 is 1.11 bits per heavy atom. The minimum atomic E-state index is -0.582. The average molecular weight is 476 g/mol. The van der Waals surface area contributed by atoms with E-state index in [4.69, 9.17) is 18.3 Å². The summed E-state index contributed by atoms with van der Waals surface area (Å²) in [7, 11) is 0. The first kappa shape index (κ1) is 22.1. The van der Waals surface area contributed by atoms with Gasteiger partial charge in [-0.2, -0.15) is 0 Å². The highest BCUT2D eigenvalue weighted by Gasteiger charge is 2.26. The number of fused-ring (bicyclic) bond motifs is 2. The number of ether oxygens (including phenoxy) is 2. The van der Waals surface area contributed by atoms with E-state index in [0.29, 0.717) is 41.3 Å². The van der Waals surface area contributed by atoms with Crippen LogP contribution >= 0.6 is 0 Å². The van der Waals surface area contributed by atoms with Gasteiger partial charge in [0.25, 0.3) is 5.89 Å². The molecule has 2 aliphatic heterocycles. The van der Waals surface area contributed by atoms with Gasteiger partial charge in [-0.15, -0.1) is 10.2 Å². The van der Waals surface area contributed by atoms with E-state index in [2.05, 4.69) is 33.3 Å². The highest BCUT2D eigenvalue weighted by molar-refractivity contribution is 5.87. The minimum absolute atomic E-state index is 0.211. The monoisotopic (exact) mass is 475 g/mol. The van der Waals surface area contributed by atoms with Gasteiger partial charge in [-0.1, -0.05) is 18.2 Å². The largest absolute Gasteiger partial charge is 0.493 e. The lowest BCUT2D eigenvalue weighted by Crippen LogP contribution is -2.40. The smallest absolute Gasteiger partial charge is 0.283 e. The molecule has 1 saturated heterocycles. The lowest BCUT2D eigenvalue weighted by atomic mass is 9.85. The maximum Gasteiger partial charge on any atom is 0.283 e. The molecule has 0 aliphatic carbocycles. The van der Waals surface area contributed by atoms with Crippen LogP contribution in [0.5, 0.6) is 11.5 Å². The van der Waals surface area contributed by atoms with Gasteiger partial charge in [-0.05, 0) is 55.6 Å². The van der Waals surface area contributed by atoms with Crippen LogP contribution in [0.3, 0.4) is 0 Å². The number of aliphatic hydroxyl groups excluding tert-OH is 1. The molecule has 8 heteroatoms. The predicted molar refractivity (Wildman–Crippen MR) is 130 cm³/mol. The number of aryl methyl sites for hydroxylation is 1. The van der Waals surface area contributed by atoms with Crippen LogP contribution in [-0.2, 0) is 6.42 Å². The second-order valence-corrected chi connectivity index (χ2v) is 9.37. The van der Waals surface area contributed by atoms with Crippen LogP contribution in [0.15, 0.2) is 51.3 Å². The van der Waals surface area contributed by atoms with Crippen molar-refractivity contribution in [3.63, 3.8) is 0 Å². The summed E-state index contributed by atoms with van der Waals surface area (Å²) in [6, 6.07) is 13.9. The van der Waals surface area contributed by atoms with Crippen molar-refractivity contribution in [2.45, 2.75) is 38.2 Å². The standard InChI is InChI=1S/C27H29N3O5/c1-17-28-29-27(34-17)26-14-22-24(6-3-7-25(22)35-26)33-16-19(31)15-30-11-8-18(9-12-30)20-4-2-5-23-21(20)10-13-32-23/h2-7,14,18-19,31H,8-13,15-16H2,1H3/t19-/m0/s1. The van der Waals surface area contributed by atoms with Crippen LogP contribution in [0, 0.1) is 6.92 Å². The molecule has 182 valence electrons. The van der Waals surface area contributed by atoms with E-state index < -0.39 is 6.10 Å². The van der Waals surface area contributed by atoms with Crippen molar-refractivity contribution in [2.24, 2.45) is 0 Å². The Labute approximate surface area is 203 Å². The molecule has 2 aromatic heterocycles. The number of furan rings is 1. The van der Waals surface area contributed by atoms with Crippen LogP contribution in [0.4, 0.5) is 0 Å². The Morgan fingerprint density at radius 3 is 2.80 bits per heavy atom. The molecule has 0 saturated carbocycles. The summed E-state index contributed by atoms with van der Waals surface area (Å²) < 4.78 is 23.1. The third-order valence-electron chi connectivity index (χ3n) is 6.96. The zero-order chi connectivity index (χ0) is 23.8. The number of aromatic nitrogens is 2. The molecule has 0 spiro atoms. The number of aliphatic hydroxyl groups is 1. The van der Waals surface area contributed by atoms with Crippen molar-refractivity contribution in [3.8, 4) is 23.1 Å². The summed E-state index contributed by atoms with van der Waals surface area (Å²) in [5, 5.41) is 19.4. The molecule has 35 heavy (non-hydrogen) atoms. The van der Waals surface area contributed by atoms with Crippen LogP contribution in [0.1, 0.15) is 35.8 Å². The quantitative estimate of drug-likeness (QED) is 0.422. The number of hydrogen-bond donors (Lipinski definition) is 1. The van der Waals surface area contributed by atoms with Crippen molar-refractivity contribution < 1.29 is 23.4 Å². The van der Waals surface area contributed by atoms with E-state index >= 15 is 0 Å². The van der Waals surface area contributed by atoms with E-state index in [1.165, 1.54) is 11.1 Å². The molecule has 4 heterocycles. The molecule has 6 rings (SSSR count). The first-order valence-corrected chi connectivity index (χ1v) is 12.2. The SMILES string of the molecule is Cc1nnc(-c2cc3c(OC[C@@H](O)CN4CCC(c5cccc6c5CCO6)CC4)cccc3o2)o1. The van der Waals surface area contributed by atoms with E-state index in [9.17, 15) is 5.11 Å². The number of benzene rings is 2. The molecule has 1 N–H and O–H groups in total. The molecule has 2 aliphatic rings. The lowest BCUT2D eigenvalue weighted by molar-refractivity contribution is 0.0599. The predicted octanol–water partition coefficient (Wildman–Crippen LogP) is 4.35. The summed E-state index contributed by atoms with van der Waals surface area (Å²) in [4.78, 5) is 2.33. The maximum atomic E-state index is 10.7. The van der Waals surface area contributed by atoms with Crippen molar-refractivity contribution in [2.75, 3.05) is 32.8 Å². The van der Waals surface area contributed by atoms with Crippen molar-refractivity contribution in [3.05, 3.63) is 59.5 Å². The van der Waals surface area contributed by atoms with E-state index in [-0.39, 0.29) is 6.61 Å². The highest BCUT2D eigenvalue weighted by Crippen LogP contribution is 2.37. The summed E-state index contributed by atoms with van der Waals surface area (Å²) in [6.45, 7) is 5.27. The van der Waals surface area contributed by atoms with Gasteiger partial charge in [0.2, 0.25) is 5.89 Å². The van der Waals surface area contributed by atoms with Gasteiger partial charge in [-0.3, -0.25) is 0 Å². The number of hydrogen-bond acceptors (Lipinski definition) is 8. The molecule has 1 fully saturated rings. The Bertz CT molecular complexity index is 1320. The van der Waals surface area contributed by atoms with Gasteiger partial charge >= 0.3 is 0 Å². The molecular weight excluding hydrogens is 446 g/mol. The van der Waals surface area contributed by atoms with Crippen LogP contribution in [0.2, 0.25) is 0 Å². The molecule has 0 unspecified atom stereocenters. The Kier molecular flexibility index (Phi) is 5.91. The third kappa shape index (κ3) is 4.51. The second kappa shape index (κ2) is 9.36. The molecule has 8 nitrogen and oxygen atoms in total. The Hall–Kier alpha value is -3.36. The first-order chi connectivity index (χ1) is 17.1. The van der Waals surface area contributed by atoms with Gasteiger partial charge in [0, 0.05) is 31.5 Å². The van der Waals surface area contributed by atoms with Crippen LogP contribution in [0.25, 0.3) is 22.6 Å². The van der Waals surface area contributed by atoms with Gasteiger partial charge in [0.15, 0.2) is 5.76 Å². The van der Waals surface area contributed by atoms with E-state index in [1.54, 1.807) is 6.92 Å². The third-order valence-corrected chi connectivity index (χ3v) is 6.96.